The van der Waals surface area contributed by atoms with Crippen molar-refractivity contribution in [1.29, 1.82) is 0 Å². The summed E-state index contributed by atoms with van der Waals surface area (Å²) >= 11 is 0. The highest BCUT2D eigenvalue weighted by atomic mass is 19.1. The Morgan fingerprint density at radius 2 is 1.67 bits per heavy atom. The van der Waals surface area contributed by atoms with E-state index in [1.165, 1.54) is 24.4 Å². The Kier molecular flexibility index (Phi) is 8.45. The number of aromatic nitrogens is 2. The van der Waals surface area contributed by atoms with Crippen molar-refractivity contribution in [2.75, 3.05) is 19.6 Å². The third kappa shape index (κ3) is 6.47. The normalized spacial score (nSPS) is 24.8. The minimum absolute atomic E-state index is 0.0515. The standard InChI is InChI=1S/C38H50FN5O2/c1-26-40-33-9-4-5-10-34(33)44(26)32-22-30-13-14-31(23-32)43(30)20-17-38(27-7-6-8-28(39)21-27)15-18-42(19-16-38)36(46)25-37(2,3)24-35(45)41-29-11-12-29/h4-10,21,29-32H,11-20,22-25H2,1-3H3,(H,41,45)/t30-,31+,32?. The lowest BCUT2D eigenvalue weighted by Gasteiger charge is -2.46. The van der Waals surface area contributed by atoms with E-state index in [1.807, 2.05) is 24.8 Å². The Balaban J connectivity index is 1.01. The lowest BCUT2D eigenvalue weighted by Crippen LogP contribution is -2.49. The number of aryl methyl sites for hydroxylation is 1. The molecule has 4 fully saturated rings. The van der Waals surface area contributed by atoms with E-state index in [0.717, 1.165) is 68.4 Å². The Morgan fingerprint density at radius 1 is 0.957 bits per heavy atom. The summed E-state index contributed by atoms with van der Waals surface area (Å²) in [6.07, 6.45) is 10.2. The van der Waals surface area contributed by atoms with E-state index < -0.39 is 0 Å². The molecule has 0 spiro atoms. The molecule has 8 heteroatoms. The van der Waals surface area contributed by atoms with Gasteiger partial charge in [0.05, 0.1) is 11.0 Å². The highest BCUT2D eigenvalue weighted by Gasteiger charge is 2.44. The predicted molar refractivity (Wildman–Crippen MR) is 179 cm³/mol. The van der Waals surface area contributed by atoms with Gasteiger partial charge in [0, 0.05) is 50.1 Å². The van der Waals surface area contributed by atoms with Gasteiger partial charge in [-0.2, -0.15) is 0 Å². The number of fused-ring (bicyclic) bond motifs is 3. The number of amides is 2. The van der Waals surface area contributed by atoms with Crippen molar-refractivity contribution in [3.63, 3.8) is 0 Å². The van der Waals surface area contributed by atoms with Gasteiger partial charge < -0.3 is 14.8 Å². The molecule has 7 rings (SSSR count). The van der Waals surface area contributed by atoms with Gasteiger partial charge in [0.15, 0.2) is 0 Å². The lowest BCUT2D eigenvalue weighted by molar-refractivity contribution is -0.135. The number of para-hydroxylation sites is 2. The zero-order chi connectivity index (χ0) is 32.1. The first-order valence-corrected chi connectivity index (χ1v) is 17.6. The van der Waals surface area contributed by atoms with Gasteiger partial charge >= 0.3 is 0 Å². The number of hydrogen-bond acceptors (Lipinski definition) is 4. The maximum Gasteiger partial charge on any atom is 0.223 e. The van der Waals surface area contributed by atoms with Crippen molar-refractivity contribution < 1.29 is 14.0 Å². The van der Waals surface area contributed by atoms with Gasteiger partial charge in [-0.25, -0.2) is 9.37 Å². The van der Waals surface area contributed by atoms with Crippen LogP contribution in [0.25, 0.3) is 11.0 Å². The molecule has 3 aromatic rings. The first-order chi connectivity index (χ1) is 22.1. The van der Waals surface area contributed by atoms with Crippen LogP contribution in [-0.4, -0.2) is 68.9 Å². The van der Waals surface area contributed by atoms with Crippen LogP contribution in [0, 0.1) is 18.2 Å². The quantitative estimate of drug-likeness (QED) is 0.272. The Hall–Kier alpha value is -3.26. The summed E-state index contributed by atoms with van der Waals surface area (Å²) < 4.78 is 17.1. The lowest BCUT2D eigenvalue weighted by atomic mass is 9.70. The molecule has 2 amide bonds. The second-order valence-corrected chi connectivity index (χ2v) is 15.5. The van der Waals surface area contributed by atoms with E-state index in [-0.39, 0.29) is 28.5 Å². The van der Waals surface area contributed by atoms with Crippen LogP contribution in [0.15, 0.2) is 48.5 Å². The van der Waals surface area contributed by atoms with Gasteiger partial charge in [-0.1, -0.05) is 38.1 Å². The van der Waals surface area contributed by atoms with E-state index >= 15 is 0 Å². The van der Waals surface area contributed by atoms with Crippen molar-refractivity contribution in [3.05, 3.63) is 65.7 Å². The van der Waals surface area contributed by atoms with E-state index in [2.05, 4.69) is 52.0 Å². The van der Waals surface area contributed by atoms with Crippen LogP contribution in [-0.2, 0) is 15.0 Å². The molecule has 4 heterocycles. The summed E-state index contributed by atoms with van der Waals surface area (Å²) in [6.45, 7) is 8.52. The van der Waals surface area contributed by atoms with Crippen LogP contribution in [0.1, 0.15) is 102 Å². The second kappa shape index (κ2) is 12.4. The Morgan fingerprint density at radius 3 is 2.37 bits per heavy atom. The number of halogens is 1. The third-order valence-electron chi connectivity index (χ3n) is 11.6. The van der Waals surface area contributed by atoms with E-state index in [0.29, 0.717) is 50.1 Å². The number of carbonyl (C=O) groups is 2. The number of nitrogens with one attached hydrogen (secondary N) is 1. The zero-order valence-corrected chi connectivity index (χ0v) is 27.8. The summed E-state index contributed by atoms with van der Waals surface area (Å²) in [4.78, 5) is 35.6. The SMILES string of the molecule is Cc1nc2ccccc2n1C1C[C@H]2CC[C@@H](C1)N2CCC1(c2cccc(F)c2)CCN(C(=O)CC(C)(C)CC(=O)NC2CC2)CC1. The molecule has 1 aliphatic carbocycles. The first-order valence-electron chi connectivity index (χ1n) is 17.6. The molecule has 246 valence electrons. The molecule has 46 heavy (non-hydrogen) atoms. The summed E-state index contributed by atoms with van der Waals surface area (Å²) in [5.41, 5.74) is 2.85. The van der Waals surface area contributed by atoms with Crippen molar-refractivity contribution in [2.45, 2.75) is 121 Å². The van der Waals surface area contributed by atoms with Crippen LogP contribution in [0.3, 0.4) is 0 Å². The van der Waals surface area contributed by atoms with Gasteiger partial charge in [-0.15, -0.1) is 0 Å². The fourth-order valence-electron chi connectivity index (χ4n) is 9.00. The molecular weight excluding hydrogens is 577 g/mol. The minimum Gasteiger partial charge on any atom is -0.353 e. The second-order valence-electron chi connectivity index (χ2n) is 15.5. The van der Waals surface area contributed by atoms with Crippen LogP contribution in [0.2, 0.25) is 0 Å². The minimum atomic E-state index is -0.389. The number of likely N-dealkylation sites (tertiary alicyclic amines) is 1. The number of nitrogens with zero attached hydrogens (tertiary/aromatic N) is 4. The van der Waals surface area contributed by atoms with Crippen LogP contribution < -0.4 is 5.32 Å². The molecule has 4 aliphatic rings. The Labute approximate surface area is 272 Å². The van der Waals surface area contributed by atoms with E-state index in [4.69, 9.17) is 4.98 Å². The van der Waals surface area contributed by atoms with Gasteiger partial charge in [0.1, 0.15) is 11.6 Å². The average Bonchev–Trinajstić information content (AvgIpc) is 3.71. The molecule has 1 N–H and O–H groups in total. The number of hydrogen-bond donors (Lipinski definition) is 1. The maximum absolute atomic E-state index is 14.6. The van der Waals surface area contributed by atoms with E-state index in [1.54, 1.807) is 6.07 Å². The van der Waals surface area contributed by atoms with Crippen molar-refractivity contribution in [2.24, 2.45) is 5.41 Å². The monoisotopic (exact) mass is 627 g/mol. The Bertz CT molecular complexity index is 1570. The third-order valence-corrected chi connectivity index (χ3v) is 11.6. The molecule has 7 nitrogen and oxygen atoms in total. The van der Waals surface area contributed by atoms with Crippen molar-refractivity contribution in [3.8, 4) is 0 Å². The van der Waals surface area contributed by atoms with Crippen LogP contribution in [0.4, 0.5) is 4.39 Å². The number of imidazole rings is 1. The first kappa shape index (κ1) is 31.3. The number of rotatable bonds is 10. The van der Waals surface area contributed by atoms with Gasteiger partial charge in [0.25, 0.3) is 0 Å². The molecule has 3 saturated heterocycles. The summed E-state index contributed by atoms with van der Waals surface area (Å²) in [5.74, 6) is 1.09. The molecule has 2 aromatic carbocycles. The van der Waals surface area contributed by atoms with Gasteiger partial charge in [-0.3, -0.25) is 14.5 Å². The van der Waals surface area contributed by atoms with Crippen molar-refractivity contribution >= 4 is 22.8 Å². The molecule has 3 aliphatic heterocycles. The molecule has 0 radical (unpaired) electrons. The summed E-state index contributed by atoms with van der Waals surface area (Å²) in [6, 6.07) is 17.6. The molecule has 1 aromatic heterocycles. The highest BCUT2D eigenvalue weighted by molar-refractivity contribution is 5.80. The summed E-state index contributed by atoms with van der Waals surface area (Å²) in [5, 5.41) is 3.06. The van der Waals surface area contributed by atoms with Crippen LogP contribution >= 0.6 is 0 Å². The highest BCUT2D eigenvalue weighted by Crippen LogP contribution is 2.45. The van der Waals surface area contributed by atoms with Crippen LogP contribution in [0.5, 0.6) is 0 Å². The zero-order valence-electron chi connectivity index (χ0n) is 27.8. The molecule has 3 atom stereocenters. The molecule has 2 bridgehead atoms. The number of carbonyl (C=O) groups excluding carboxylic acids is 2. The smallest absolute Gasteiger partial charge is 0.223 e. The number of benzene rings is 2. The summed E-state index contributed by atoms with van der Waals surface area (Å²) in [7, 11) is 0. The number of piperidine rings is 2. The maximum atomic E-state index is 14.6. The van der Waals surface area contributed by atoms with E-state index in [9.17, 15) is 14.0 Å². The predicted octanol–water partition coefficient (Wildman–Crippen LogP) is 6.69. The largest absolute Gasteiger partial charge is 0.353 e. The molecule has 1 unspecified atom stereocenters. The molecular formula is C38H50FN5O2. The van der Waals surface area contributed by atoms with Gasteiger partial charge in [-0.05, 0) is 112 Å². The topological polar surface area (TPSA) is 70.5 Å². The van der Waals surface area contributed by atoms with Crippen molar-refractivity contribution in [1.82, 2.24) is 24.7 Å². The fourth-order valence-corrected chi connectivity index (χ4v) is 9.00. The fraction of sp³-hybridized carbons (Fsp3) is 0.605. The molecule has 1 saturated carbocycles. The average molecular weight is 628 g/mol. The van der Waals surface area contributed by atoms with Gasteiger partial charge in [0.2, 0.25) is 11.8 Å².